The number of rotatable bonds is 2. The minimum atomic E-state index is 0. The summed E-state index contributed by atoms with van der Waals surface area (Å²) in [5, 5.41) is 3.27. The van der Waals surface area contributed by atoms with Crippen LogP contribution in [0.15, 0.2) is 5.11 Å². The molecule has 0 radical (unpaired) electrons. The molecule has 0 atom stereocenters. The monoisotopic (exact) mass is 109 g/mol. The third kappa shape index (κ3) is 10.7. The molecule has 0 amide bonds. The van der Waals surface area contributed by atoms with Crippen molar-refractivity contribution < 1.29 is 0 Å². The second-order valence-corrected chi connectivity index (χ2v) is 0.954. The molecule has 0 saturated carbocycles. The van der Waals surface area contributed by atoms with E-state index in [1.165, 1.54) is 0 Å². The quantitative estimate of drug-likeness (QED) is 0.220. The Morgan fingerprint density at radius 1 is 1.71 bits per heavy atom. The Bertz CT molecular complexity index is 66.6. The fraction of sp³-hybridized carbons (Fsp3) is 1.00. The molecule has 0 aliphatic heterocycles. The number of hydrogen-bond acceptors (Lipinski definition) is 1. The van der Waals surface area contributed by atoms with Crippen LogP contribution >= 0.6 is 0 Å². The van der Waals surface area contributed by atoms with Crippen molar-refractivity contribution in [3.8, 4) is 0 Å². The molecular weight excluding hydrogens is 101 g/mol. The molecule has 0 aliphatic carbocycles. The number of azide groups is 1. The molecule has 0 bridgehead atoms. The first-order valence-electron chi connectivity index (χ1n) is 1.92. The second kappa shape index (κ2) is 9.58. The first-order chi connectivity index (χ1) is 2.91. The first kappa shape index (κ1) is 10.3. The topological polar surface area (TPSA) is 48.8 Å². The predicted octanol–water partition coefficient (Wildman–Crippen LogP) is 1.06. The van der Waals surface area contributed by atoms with E-state index in [-0.39, 0.29) is 29.6 Å². The van der Waals surface area contributed by atoms with Crippen LogP contribution in [0.1, 0.15) is 13.3 Å². The molecular formula is C3H8N3Na. The van der Waals surface area contributed by atoms with Crippen molar-refractivity contribution in [3.63, 3.8) is 0 Å². The van der Waals surface area contributed by atoms with Crippen LogP contribution in [0.3, 0.4) is 0 Å². The third-order valence-corrected chi connectivity index (χ3v) is 0.387. The Balaban J connectivity index is 0. The molecule has 7 heavy (non-hydrogen) atoms. The van der Waals surface area contributed by atoms with Gasteiger partial charge < -0.3 is 0 Å². The SMILES string of the molecule is CCCN=[N+]=[N-].[NaH]. The Labute approximate surface area is 65.0 Å². The summed E-state index contributed by atoms with van der Waals surface area (Å²) >= 11 is 0. The van der Waals surface area contributed by atoms with Gasteiger partial charge in [0, 0.05) is 11.5 Å². The zero-order valence-electron chi connectivity index (χ0n) is 3.76. The predicted molar refractivity (Wildman–Crippen MR) is 31.5 cm³/mol. The third-order valence-electron chi connectivity index (χ3n) is 0.387. The first-order valence-corrected chi connectivity index (χ1v) is 1.92. The molecule has 0 saturated heterocycles. The molecule has 0 heterocycles. The second-order valence-electron chi connectivity index (χ2n) is 0.954. The summed E-state index contributed by atoms with van der Waals surface area (Å²) in [6.07, 6.45) is 0.935. The minimum absolute atomic E-state index is 0. The van der Waals surface area contributed by atoms with Crippen molar-refractivity contribution in [1.29, 1.82) is 0 Å². The Morgan fingerprint density at radius 3 is 2.43 bits per heavy atom. The van der Waals surface area contributed by atoms with Gasteiger partial charge in [-0.25, -0.2) is 0 Å². The summed E-state index contributed by atoms with van der Waals surface area (Å²) in [6, 6.07) is 0. The summed E-state index contributed by atoms with van der Waals surface area (Å²) in [6.45, 7) is 2.59. The summed E-state index contributed by atoms with van der Waals surface area (Å²) in [7, 11) is 0. The Morgan fingerprint density at radius 2 is 2.29 bits per heavy atom. The van der Waals surface area contributed by atoms with Gasteiger partial charge in [-0.2, -0.15) is 0 Å². The summed E-state index contributed by atoms with van der Waals surface area (Å²) in [5.41, 5.74) is 7.66. The van der Waals surface area contributed by atoms with Crippen molar-refractivity contribution in [2.45, 2.75) is 13.3 Å². The molecule has 0 aromatic carbocycles. The van der Waals surface area contributed by atoms with Gasteiger partial charge in [0.05, 0.1) is 0 Å². The number of hydrogen-bond donors (Lipinski definition) is 0. The van der Waals surface area contributed by atoms with Crippen molar-refractivity contribution in [3.05, 3.63) is 10.4 Å². The van der Waals surface area contributed by atoms with E-state index in [2.05, 4.69) is 10.0 Å². The summed E-state index contributed by atoms with van der Waals surface area (Å²) < 4.78 is 0. The van der Waals surface area contributed by atoms with E-state index in [0.29, 0.717) is 6.54 Å². The molecule has 4 heteroatoms. The maximum absolute atomic E-state index is 7.66. The van der Waals surface area contributed by atoms with E-state index in [9.17, 15) is 0 Å². The van der Waals surface area contributed by atoms with Gasteiger partial charge in [0.2, 0.25) is 0 Å². The van der Waals surface area contributed by atoms with E-state index in [0.717, 1.165) is 6.42 Å². The van der Waals surface area contributed by atoms with Crippen molar-refractivity contribution in [2.24, 2.45) is 5.11 Å². The zero-order chi connectivity index (χ0) is 4.83. The van der Waals surface area contributed by atoms with E-state index >= 15 is 0 Å². The van der Waals surface area contributed by atoms with Crippen LogP contribution in [0.5, 0.6) is 0 Å². The van der Waals surface area contributed by atoms with Gasteiger partial charge >= 0.3 is 29.6 Å². The summed E-state index contributed by atoms with van der Waals surface area (Å²) in [5.74, 6) is 0. The average molecular weight is 109 g/mol. The summed E-state index contributed by atoms with van der Waals surface area (Å²) in [4.78, 5) is 2.55. The Hall–Kier alpha value is 0.310. The average Bonchev–Trinajstić information content (AvgIpc) is 1.61. The van der Waals surface area contributed by atoms with Gasteiger partial charge in [-0.3, -0.25) is 0 Å². The standard InChI is InChI=1S/C3H7N3.Na.H/c1-2-3-5-6-4;;/h2-3H2,1H3;;. The molecule has 0 aliphatic rings. The maximum atomic E-state index is 7.66. The van der Waals surface area contributed by atoms with Crippen molar-refractivity contribution >= 4 is 29.6 Å². The zero-order valence-corrected chi connectivity index (χ0v) is 3.76. The molecule has 0 aromatic heterocycles. The van der Waals surface area contributed by atoms with Crippen LogP contribution in [-0.2, 0) is 0 Å². The van der Waals surface area contributed by atoms with Crippen molar-refractivity contribution in [2.75, 3.05) is 6.54 Å². The van der Waals surface area contributed by atoms with Gasteiger partial charge in [0.1, 0.15) is 0 Å². The van der Waals surface area contributed by atoms with Crippen LogP contribution in [0.4, 0.5) is 0 Å². The molecule has 0 spiro atoms. The molecule has 0 unspecified atom stereocenters. The number of nitrogens with zero attached hydrogens (tertiary/aromatic N) is 3. The fourth-order valence-corrected chi connectivity index (χ4v) is 0.145. The molecule has 0 fully saturated rings. The molecule has 0 rings (SSSR count). The van der Waals surface area contributed by atoms with E-state index < -0.39 is 0 Å². The van der Waals surface area contributed by atoms with Crippen LogP contribution in [0, 0.1) is 0 Å². The fourth-order valence-electron chi connectivity index (χ4n) is 0.145. The molecule has 36 valence electrons. The van der Waals surface area contributed by atoms with Gasteiger partial charge in [0.15, 0.2) is 0 Å². The van der Waals surface area contributed by atoms with Crippen molar-refractivity contribution in [1.82, 2.24) is 0 Å². The van der Waals surface area contributed by atoms with E-state index in [1.807, 2.05) is 6.92 Å². The van der Waals surface area contributed by atoms with Crippen LogP contribution in [0.2, 0.25) is 0 Å². The Kier molecular flexibility index (Phi) is 14.1. The molecule has 0 aromatic rings. The van der Waals surface area contributed by atoms with Crippen LogP contribution in [0.25, 0.3) is 10.4 Å². The van der Waals surface area contributed by atoms with Crippen LogP contribution < -0.4 is 0 Å². The molecule has 3 nitrogen and oxygen atoms in total. The van der Waals surface area contributed by atoms with Gasteiger partial charge in [-0.1, -0.05) is 18.5 Å². The van der Waals surface area contributed by atoms with E-state index in [1.54, 1.807) is 0 Å². The van der Waals surface area contributed by atoms with Gasteiger partial charge in [-0.15, -0.1) is 0 Å². The van der Waals surface area contributed by atoms with Gasteiger partial charge in [0.25, 0.3) is 0 Å². The normalized spacial score (nSPS) is 5.86. The van der Waals surface area contributed by atoms with E-state index in [4.69, 9.17) is 5.53 Å². The molecule has 0 N–H and O–H groups in total. The van der Waals surface area contributed by atoms with Crippen LogP contribution in [-0.4, -0.2) is 36.1 Å². The van der Waals surface area contributed by atoms with Gasteiger partial charge in [-0.05, 0) is 5.53 Å².